The van der Waals surface area contributed by atoms with Gasteiger partial charge in [0.2, 0.25) is 5.95 Å². The molecule has 5 heteroatoms. The zero-order chi connectivity index (χ0) is 12.4. The van der Waals surface area contributed by atoms with Crippen molar-refractivity contribution in [3.8, 4) is 11.3 Å². The fourth-order valence-corrected chi connectivity index (χ4v) is 1.88. The van der Waals surface area contributed by atoms with E-state index in [1.807, 2.05) is 0 Å². The summed E-state index contributed by atoms with van der Waals surface area (Å²) in [4.78, 5) is 3.75. The minimum Gasteiger partial charge on any atom is -0.392 e. The standard InChI is InChI=1S/C12H8Cl2FNO/c13-8-2-3-10(14)9(5-8)12-7(6-17)1-4-11(15)16-12/h1-5,17H,6H2. The summed E-state index contributed by atoms with van der Waals surface area (Å²) in [5.41, 5.74) is 1.30. The maximum Gasteiger partial charge on any atom is 0.213 e. The lowest BCUT2D eigenvalue weighted by Crippen LogP contribution is -1.96. The largest absolute Gasteiger partial charge is 0.392 e. The molecule has 2 nitrogen and oxygen atoms in total. The Morgan fingerprint density at radius 1 is 1.18 bits per heavy atom. The van der Waals surface area contributed by atoms with Crippen LogP contribution in [0.2, 0.25) is 10.0 Å². The summed E-state index contributed by atoms with van der Waals surface area (Å²) in [6.07, 6.45) is 0. The zero-order valence-corrected chi connectivity index (χ0v) is 10.1. The van der Waals surface area contributed by atoms with Gasteiger partial charge in [0, 0.05) is 16.1 Å². The molecule has 1 N–H and O–H groups in total. The van der Waals surface area contributed by atoms with Gasteiger partial charge in [-0.3, -0.25) is 0 Å². The first-order valence-electron chi connectivity index (χ1n) is 4.83. The summed E-state index contributed by atoms with van der Waals surface area (Å²) in [7, 11) is 0. The predicted molar refractivity (Wildman–Crippen MR) is 65.6 cm³/mol. The molecule has 0 atom stereocenters. The lowest BCUT2D eigenvalue weighted by Gasteiger charge is -2.08. The number of pyridine rings is 1. The number of nitrogens with zero attached hydrogens (tertiary/aromatic N) is 1. The highest BCUT2D eigenvalue weighted by Crippen LogP contribution is 2.31. The van der Waals surface area contributed by atoms with Crippen LogP contribution in [0.25, 0.3) is 11.3 Å². The third-order valence-corrected chi connectivity index (χ3v) is 2.86. The van der Waals surface area contributed by atoms with Crippen molar-refractivity contribution in [2.45, 2.75) is 6.61 Å². The van der Waals surface area contributed by atoms with Gasteiger partial charge < -0.3 is 5.11 Å². The van der Waals surface area contributed by atoms with Gasteiger partial charge in [-0.1, -0.05) is 23.2 Å². The summed E-state index contributed by atoms with van der Waals surface area (Å²) in [6, 6.07) is 7.48. The molecular weight excluding hydrogens is 264 g/mol. The van der Waals surface area contributed by atoms with E-state index >= 15 is 0 Å². The van der Waals surface area contributed by atoms with Crippen molar-refractivity contribution in [2.24, 2.45) is 0 Å². The predicted octanol–water partition coefficient (Wildman–Crippen LogP) is 3.69. The molecule has 2 aromatic rings. The van der Waals surface area contributed by atoms with Crippen LogP contribution in [0.3, 0.4) is 0 Å². The Balaban J connectivity index is 2.66. The van der Waals surface area contributed by atoms with E-state index in [0.29, 0.717) is 26.9 Å². The van der Waals surface area contributed by atoms with Crippen molar-refractivity contribution >= 4 is 23.2 Å². The van der Waals surface area contributed by atoms with Gasteiger partial charge in [-0.2, -0.15) is 4.39 Å². The zero-order valence-electron chi connectivity index (χ0n) is 8.62. The molecule has 17 heavy (non-hydrogen) atoms. The average Bonchev–Trinajstić information content (AvgIpc) is 2.32. The number of benzene rings is 1. The number of aliphatic hydroxyl groups excluding tert-OH is 1. The Labute approximate surface area is 108 Å². The van der Waals surface area contributed by atoms with E-state index in [-0.39, 0.29) is 6.61 Å². The van der Waals surface area contributed by atoms with E-state index in [1.54, 1.807) is 18.2 Å². The third kappa shape index (κ3) is 2.57. The first kappa shape index (κ1) is 12.3. The van der Waals surface area contributed by atoms with E-state index in [0.717, 1.165) is 0 Å². The van der Waals surface area contributed by atoms with Gasteiger partial charge in [-0.05, 0) is 30.3 Å². The quantitative estimate of drug-likeness (QED) is 0.846. The minimum absolute atomic E-state index is 0.245. The van der Waals surface area contributed by atoms with Crippen LogP contribution in [0.4, 0.5) is 4.39 Å². The second kappa shape index (κ2) is 5.00. The lowest BCUT2D eigenvalue weighted by molar-refractivity contribution is 0.281. The first-order chi connectivity index (χ1) is 8.11. The molecule has 0 unspecified atom stereocenters. The van der Waals surface area contributed by atoms with Gasteiger partial charge >= 0.3 is 0 Å². The van der Waals surface area contributed by atoms with Crippen molar-refractivity contribution in [1.29, 1.82) is 0 Å². The van der Waals surface area contributed by atoms with Gasteiger partial charge in [0.05, 0.1) is 17.3 Å². The van der Waals surface area contributed by atoms with E-state index < -0.39 is 5.95 Å². The molecule has 1 heterocycles. The molecule has 2 rings (SSSR count). The van der Waals surface area contributed by atoms with Crippen molar-refractivity contribution in [1.82, 2.24) is 4.98 Å². The van der Waals surface area contributed by atoms with Crippen LogP contribution >= 0.6 is 23.2 Å². The normalized spacial score (nSPS) is 10.6. The molecule has 0 aliphatic rings. The SMILES string of the molecule is OCc1ccc(F)nc1-c1cc(Cl)ccc1Cl. The topological polar surface area (TPSA) is 33.1 Å². The van der Waals surface area contributed by atoms with E-state index in [2.05, 4.69) is 4.98 Å². The highest BCUT2D eigenvalue weighted by Gasteiger charge is 2.11. The first-order valence-corrected chi connectivity index (χ1v) is 5.59. The number of aromatic nitrogens is 1. The summed E-state index contributed by atoms with van der Waals surface area (Å²) in [5.74, 6) is -0.631. The molecule has 1 aromatic heterocycles. The Kier molecular flexibility index (Phi) is 3.62. The van der Waals surface area contributed by atoms with E-state index in [9.17, 15) is 9.50 Å². The Bertz CT molecular complexity index is 560. The Morgan fingerprint density at radius 3 is 2.65 bits per heavy atom. The summed E-state index contributed by atoms with van der Waals surface area (Å²) >= 11 is 11.9. The number of rotatable bonds is 2. The lowest BCUT2D eigenvalue weighted by atomic mass is 10.1. The van der Waals surface area contributed by atoms with Crippen molar-refractivity contribution in [3.05, 3.63) is 51.9 Å². The molecule has 0 aliphatic heterocycles. The van der Waals surface area contributed by atoms with Crippen LogP contribution in [0.5, 0.6) is 0 Å². The number of halogens is 3. The summed E-state index contributed by atoms with van der Waals surface area (Å²) in [5, 5.41) is 10.1. The smallest absolute Gasteiger partial charge is 0.213 e. The van der Waals surface area contributed by atoms with Crippen LogP contribution in [0.15, 0.2) is 30.3 Å². The number of aliphatic hydroxyl groups is 1. The highest BCUT2D eigenvalue weighted by atomic mass is 35.5. The monoisotopic (exact) mass is 271 g/mol. The van der Waals surface area contributed by atoms with Gasteiger partial charge in [0.25, 0.3) is 0 Å². The molecule has 0 amide bonds. The van der Waals surface area contributed by atoms with Crippen LogP contribution < -0.4 is 0 Å². The van der Waals surface area contributed by atoms with Gasteiger partial charge in [-0.25, -0.2) is 4.98 Å². The average molecular weight is 272 g/mol. The second-order valence-corrected chi connectivity index (χ2v) is 4.27. The minimum atomic E-state index is -0.631. The van der Waals surface area contributed by atoms with Crippen molar-refractivity contribution < 1.29 is 9.50 Å². The van der Waals surface area contributed by atoms with Crippen molar-refractivity contribution in [2.75, 3.05) is 0 Å². The molecule has 0 saturated carbocycles. The molecule has 0 saturated heterocycles. The fourth-order valence-electron chi connectivity index (χ4n) is 1.50. The number of hydrogen-bond donors (Lipinski definition) is 1. The summed E-state index contributed by atoms with van der Waals surface area (Å²) < 4.78 is 13.1. The summed E-state index contributed by atoms with van der Waals surface area (Å²) in [6.45, 7) is -0.245. The Hall–Kier alpha value is -1.16. The second-order valence-electron chi connectivity index (χ2n) is 3.42. The van der Waals surface area contributed by atoms with E-state index in [4.69, 9.17) is 23.2 Å². The maximum atomic E-state index is 13.1. The van der Waals surface area contributed by atoms with Gasteiger partial charge in [-0.15, -0.1) is 0 Å². The fraction of sp³-hybridized carbons (Fsp3) is 0.0833. The molecule has 0 bridgehead atoms. The van der Waals surface area contributed by atoms with Crippen LogP contribution in [0.1, 0.15) is 5.56 Å². The van der Waals surface area contributed by atoms with E-state index in [1.165, 1.54) is 12.1 Å². The molecule has 0 fully saturated rings. The van der Waals surface area contributed by atoms with Crippen LogP contribution in [-0.4, -0.2) is 10.1 Å². The highest BCUT2D eigenvalue weighted by molar-refractivity contribution is 6.35. The van der Waals surface area contributed by atoms with Gasteiger partial charge in [0.1, 0.15) is 0 Å². The molecule has 0 radical (unpaired) electrons. The van der Waals surface area contributed by atoms with Crippen molar-refractivity contribution in [3.63, 3.8) is 0 Å². The molecule has 88 valence electrons. The maximum absolute atomic E-state index is 13.1. The third-order valence-electron chi connectivity index (χ3n) is 2.30. The molecule has 0 spiro atoms. The van der Waals surface area contributed by atoms with Crippen LogP contribution in [0, 0.1) is 5.95 Å². The Morgan fingerprint density at radius 2 is 1.94 bits per heavy atom. The molecule has 1 aromatic carbocycles. The van der Waals surface area contributed by atoms with Gasteiger partial charge in [0.15, 0.2) is 0 Å². The molecular formula is C12H8Cl2FNO. The molecule has 0 aliphatic carbocycles. The number of hydrogen-bond acceptors (Lipinski definition) is 2. The van der Waals surface area contributed by atoms with Crippen LogP contribution in [-0.2, 0) is 6.61 Å².